The fourth-order valence-corrected chi connectivity index (χ4v) is 5.55. The summed E-state index contributed by atoms with van der Waals surface area (Å²) in [4.78, 5) is 0.0817. The van der Waals surface area contributed by atoms with Crippen molar-refractivity contribution in [1.29, 1.82) is 0 Å². The third kappa shape index (κ3) is 4.48. The van der Waals surface area contributed by atoms with Crippen LogP contribution in [-0.2, 0) is 20.0 Å². The summed E-state index contributed by atoms with van der Waals surface area (Å²) >= 11 is 0. The number of para-hydroxylation sites is 2. The highest BCUT2D eigenvalue weighted by Gasteiger charge is 2.27. The number of benzene rings is 2. The van der Waals surface area contributed by atoms with E-state index >= 15 is 0 Å². The van der Waals surface area contributed by atoms with Gasteiger partial charge in [0.05, 0.1) is 22.1 Å². The molecule has 1 N–H and O–H groups in total. The predicted octanol–water partition coefficient (Wildman–Crippen LogP) is 3.06. The lowest BCUT2D eigenvalue weighted by molar-refractivity contribution is 0.319. The van der Waals surface area contributed by atoms with E-state index in [4.69, 9.17) is 4.74 Å². The molecular weight excluding hydrogens is 400 g/mol. The summed E-state index contributed by atoms with van der Waals surface area (Å²) in [7, 11) is -7.46. The van der Waals surface area contributed by atoms with E-state index in [1.807, 2.05) is 6.92 Å². The summed E-state index contributed by atoms with van der Waals surface area (Å²) < 4.78 is 60.1. The minimum atomic E-state index is -3.88. The smallest absolute Gasteiger partial charge is 0.262 e. The quantitative estimate of drug-likeness (QED) is 0.703. The monoisotopic (exact) mass is 424 g/mol. The zero-order chi connectivity index (χ0) is 20.2. The molecule has 1 fully saturated rings. The average molecular weight is 425 g/mol. The van der Waals surface area contributed by atoms with Crippen LogP contribution in [0.1, 0.15) is 26.2 Å². The lowest BCUT2D eigenvalue weighted by Gasteiger charge is -2.16. The van der Waals surface area contributed by atoms with E-state index in [1.54, 1.807) is 24.3 Å². The Morgan fingerprint density at radius 2 is 1.54 bits per heavy atom. The molecule has 2 aromatic carbocycles. The molecule has 7 nitrogen and oxygen atoms in total. The van der Waals surface area contributed by atoms with Crippen molar-refractivity contribution in [3.8, 4) is 5.75 Å². The highest BCUT2D eigenvalue weighted by atomic mass is 32.2. The number of hydrogen-bond acceptors (Lipinski definition) is 5. The van der Waals surface area contributed by atoms with Gasteiger partial charge in [0.1, 0.15) is 5.75 Å². The Hall–Kier alpha value is -2.10. The van der Waals surface area contributed by atoms with Crippen molar-refractivity contribution in [3.63, 3.8) is 0 Å². The molecule has 0 spiro atoms. The Balaban J connectivity index is 1.81. The standard InChI is InChI=1S/C19H24N2O5S2/c1-2-15-26-19-8-4-3-7-18(19)20-27(22,23)16-9-11-17(12-10-16)28(24,25)21-13-5-6-14-21/h3-4,7-12,20H,2,5-6,13-15H2,1H3. The van der Waals surface area contributed by atoms with Crippen LogP contribution in [-0.4, -0.2) is 40.8 Å². The van der Waals surface area contributed by atoms with Crippen LogP contribution in [0.5, 0.6) is 5.75 Å². The second kappa shape index (κ2) is 8.50. The Labute approximate surface area is 166 Å². The van der Waals surface area contributed by atoms with E-state index in [1.165, 1.54) is 28.6 Å². The van der Waals surface area contributed by atoms with Crippen molar-refractivity contribution < 1.29 is 21.6 Å². The summed E-state index contributed by atoms with van der Waals surface area (Å²) in [5, 5.41) is 0. The van der Waals surface area contributed by atoms with Gasteiger partial charge in [0.15, 0.2) is 0 Å². The molecule has 9 heteroatoms. The van der Waals surface area contributed by atoms with Crippen LogP contribution in [0, 0.1) is 0 Å². The first-order valence-electron chi connectivity index (χ1n) is 9.19. The number of ether oxygens (including phenoxy) is 1. The molecule has 0 radical (unpaired) electrons. The van der Waals surface area contributed by atoms with Gasteiger partial charge in [-0.2, -0.15) is 4.31 Å². The minimum Gasteiger partial charge on any atom is -0.491 e. The van der Waals surface area contributed by atoms with Gasteiger partial charge >= 0.3 is 0 Å². The van der Waals surface area contributed by atoms with Crippen molar-refractivity contribution in [2.24, 2.45) is 0 Å². The largest absolute Gasteiger partial charge is 0.491 e. The maximum atomic E-state index is 12.7. The molecule has 28 heavy (non-hydrogen) atoms. The van der Waals surface area contributed by atoms with Gasteiger partial charge in [-0.3, -0.25) is 4.72 Å². The maximum Gasteiger partial charge on any atom is 0.262 e. The summed E-state index contributed by atoms with van der Waals surface area (Å²) in [6.45, 7) is 3.43. The number of hydrogen-bond donors (Lipinski definition) is 1. The van der Waals surface area contributed by atoms with Crippen molar-refractivity contribution in [2.75, 3.05) is 24.4 Å². The topological polar surface area (TPSA) is 92.8 Å². The van der Waals surface area contributed by atoms with Crippen LogP contribution >= 0.6 is 0 Å². The SMILES string of the molecule is CCCOc1ccccc1NS(=O)(=O)c1ccc(S(=O)(=O)N2CCCC2)cc1. The summed E-state index contributed by atoms with van der Waals surface area (Å²) in [5.41, 5.74) is 0.338. The van der Waals surface area contributed by atoms with E-state index in [9.17, 15) is 16.8 Å². The van der Waals surface area contributed by atoms with Crippen LogP contribution in [0.3, 0.4) is 0 Å². The Kier molecular flexibility index (Phi) is 6.26. The number of anilines is 1. The zero-order valence-corrected chi connectivity index (χ0v) is 17.3. The Morgan fingerprint density at radius 1 is 0.929 bits per heavy atom. The molecule has 0 aliphatic carbocycles. The number of nitrogens with zero attached hydrogens (tertiary/aromatic N) is 1. The number of nitrogens with one attached hydrogen (secondary N) is 1. The highest BCUT2D eigenvalue weighted by molar-refractivity contribution is 7.92. The fourth-order valence-electron chi connectivity index (χ4n) is 2.96. The van der Waals surface area contributed by atoms with Crippen molar-refractivity contribution in [2.45, 2.75) is 36.0 Å². The molecule has 0 atom stereocenters. The second-order valence-electron chi connectivity index (χ2n) is 6.53. The van der Waals surface area contributed by atoms with Crippen LogP contribution in [0.25, 0.3) is 0 Å². The molecule has 2 aromatic rings. The second-order valence-corrected chi connectivity index (χ2v) is 10.2. The van der Waals surface area contributed by atoms with Crippen molar-refractivity contribution >= 4 is 25.7 Å². The fraction of sp³-hybridized carbons (Fsp3) is 0.368. The molecule has 1 aliphatic rings. The zero-order valence-electron chi connectivity index (χ0n) is 15.7. The first kappa shape index (κ1) is 20.6. The van der Waals surface area contributed by atoms with E-state index in [-0.39, 0.29) is 9.79 Å². The highest BCUT2D eigenvalue weighted by Crippen LogP contribution is 2.28. The number of rotatable bonds is 8. The van der Waals surface area contributed by atoms with Crippen LogP contribution in [0.2, 0.25) is 0 Å². The molecular formula is C19H24N2O5S2. The maximum absolute atomic E-state index is 12.7. The molecule has 1 saturated heterocycles. The van der Waals surface area contributed by atoms with Crippen molar-refractivity contribution in [3.05, 3.63) is 48.5 Å². The van der Waals surface area contributed by atoms with Gasteiger partial charge in [0.25, 0.3) is 10.0 Å². The molecule has 0 bridgehead atoms. The van der Waals surface area contributed by atoms with Gasteiger partial charge in [-0.05, 0) is 55.7 Å². The van der Waals surface area contributed by atoms with E-state index in [0.29, 0.717) is 31.1 Å². The van der Waals surface area contributed by atoms with E-state index < -0.39 is 20.0 Å². The molecule has 3 rings (SSSR count). The van der Waals surface area contributed by atoms with Gasteiger partial charge in [-0.25, -0.2) is 16.8 Å². The molecule has 1 aliphatic heterocycles. The summed E-state index contributed by atoms with van der Waals surface area (Å²) in [6.07, 6.45) is 2.48. The van der Waals surface area contributed by atoms with E-state index in [0.717, 1.165) is 19.3 Å². The third-order valence-electron chi connectivity index (χ3n) is 4.43. The molecule has 1 heterocycles. The molecule has 0 unspecified atom stereocenters. The van der Waals surface area contributed by atoms with E-state index in [2.05, 4.69) is 4.72 Å². The first-order chi connectivity index (χ1) is 13.3. The molecule has 0 amide bonds. The third-order valence-corrected chi connectivity index (χ3v) is 7.72. The van der Waals surface area contributed by atoms with Crippen LogP contribution in [0.15, 0.2) is 58.3 Å². The minimum absolute atomic E-state index is 0.0156. The van der Waals surface area contributed by atoms with Gasteiger partial charge < -0.3 is 4.74 Å². The van der Waals surface area contributed by atoms with Crippen molar-refractivity contribution in [1.82, 2.24) is 4.31 Å². The van der Waals surface area contributed by atoms with Gasteiger partial charge in [0.2, 0.25) is 10.0 Å². The Bertz CT molecular complexity index is 1010. The van der Waals surface area contributed by atoms with Gasteiger partial charge in [-0.1, -0.05) is 19.1 Å². The van der Waals surface area contributed by atoms with Gasteiger partial charge in [0, 0.05) is 13.1 Å². The van der Waals surface area contributed by atoms with Crippen LogP contribution < -0.4 is 9.46 Å². The van der Waals surface area contributed by atoms with Gasteiger partial charge in [-0.15, -0.1) is 0 Å². The predicted molar refractivity (Wildman–Crippen MR) is 107 cm³/mol. The molecule has 0 aromatic heterocycles. The average Bonchev–Trinajstić information content (AvgIpc) is 3.23. The van der Waals surface area contributed by atoms with Crippen LogP contribution in [0.4, 0.5) is 5.69 Å². The lowest BCUT2D eigenvalue weighted by Crippen LogP contribution is -2.27. The number of sulfonamides is 2. The normalized spacial score (nSPS) is 15.5. The Morgan fingerprint density at radius 3 is 2.18 bits per heavy atom. The molecule has 0 saturated carbocycles. The first-order valence-corrected chi connectivity index (χ1v) is 12.1. The lowest BCUT2D eigenvalue weighted by atomic mass is 10.3. The summed E-state index contributed by atoms with van der Waals surface area (Å²) in [5.74, 6) is 0.446. The summed E-state index contributed by atoms with van der Waals surface area (Å²) in [6, 6.07) is 12.1. The molecule has 152 valence electrons.